The minimum Gasteiger partial charge on any atom is -0.490 e. The number of amides is 1. The van der Waals surface area contributed by atoms with E-state index in [1.54, 1.807) is 12.1 Å². The standard InChI is InChI=1S/C20H31ClN2O3/c1-4-6-10-26-19-17(21)11-16(12-18(19)25-5-2)20(24)23-9-7-8-15(14-23)13-22-3/h11-12,15,22H,4-10,13-14H2,1-3H3. The van der Waals surface area contributed by atoms with Crippen molar-refractivity contribution in [1.82, 2.24) is 10.2 Å². The minimum atomic E-state index is 0.00812. The highest BCUT2D eigenvalue weighted by molar-refractivity contribution is 6.32. The van der Waals surface area contributed by atoms with E-state index in [-0.39, 0.29) is 5.91 Å². The lowest BCUT2D eigenvalue weighted by Gasteiger charge is -2.33. The fourth-order valence-electron chi connectivity index (χ4n) is 3.30. The van der Waals surface area contributed by atoms with Gasteiger partial charge in [-0.2, -0.15) is 0 Å². The molecule has 0 aliphatic carbocycles. The van der Waals surface area contributed by atoms with Crippen LogP contribution >= 0.6 is 11.6 Å². The number of piperidine rings is 1. The SMILES string of the molecule is CCCCOc1c(Cl)cc(C(=O)N2CCCC(CNC)C2)cc1OCC. The first-order valence-electron chi connectivity index (χ1n) is 9.63. The van der Waals surface area contributed by atoms with Crippen molar-refractivity contribution in [3.05, 3.63) is 22.7 Å². The van der Waals surface area contributed by atoms with Crippen molar-refractivity contribution in [3.8, 4) is 11.5 Å². The third-order valence-corrected chi connectivity index (χ3v) is 4.88. The van der Waals surface area contributed by atoms with E-state index < -0.39 is 0 Å². The van der Waals surface area contributed by atoms with Gasteiger partial charge in [-0.3, -0.25) is 4.79 Å². The Morgan fingerprint density at radius 2 is 2.15 bits per heavy atom. The number of carbonyl (C=O) groups excluding carboxylic acids is 1. The van der Waals surface area contributed by atoms with Crippen LogP contribution in [0.2, 0.25) is 5.02 Å². The lowest BCUT2D eigenvalue weighted by Crippen LogP contribution is -2.42. The number of unbranched alkanes of at least 4 members (excludes halogenated alkanes) is 1. The van der Waals surface area contributed by atoms with Crippen LogP contribution in [0.25, 0.3) is 0 Å². The number of nitrogens with one attached hydrogen (secondary N) is 1. The number of halogens is 1. The Kier molecular flexibility index (Phi) is 8.52. The normalized spacial score (nSPS) is 17.2. The Balaban J connectivity index is 2.18. The second-order valence-corrected chi connectivity index (χ2v) is 7.14. The average molecular weight is 383 g/mol. The summed E-state index contributed by atoms with van der Waals surface area (Å²) in [5, 5.41) is 3.64. The molecule has 1 atom stereocenters. The molecule has 0 spiro atoms. The van der Waals surface area contributed by atoms with Gasteiger partial charge in [0, 0.05) is 18.7 Å². The van der Waals surface area contributed by atoms with Crippen LogP contribution < -0.4 is 14.8 Å². The average Bonchev–Trinajstić information content (AvgIpc) is 2.64. The Bertz CT molecular complexity index is 593. The highest BCUT2D eigenvalue weighted by Gasteiger charge is 2.25. The summed E-state index contributed by atoms with van der Waals surface area (Å²) in [4.78, 5) is 14.9. The van der Waals surface area contributed by atoms with Crippen LogP contribution in [0, 0.1) is 5.92 Å². The lowest BCUT2D eigenvalue weighted by atomic mass is 9.97. The van der Waals surface area contributed by atoms with Crippen molar-refractivity contribution < 1.29 is 14.3 Å². The van der Waals surface area contributed by atoms with Gasteiger partial charge in [-0.05, 0) is 57.8 Å². The Morgan fingerprint density at radius 1 is 1.35 bits per heavy atom. The van der Waals surface area contributed by atoms with Crippen LogP contribution in [0.5, 0.6) is 11.5 Å². The maximum Gasteiger partial charge on any atom is 0.254 e. The third kappa shape index (κ3) is 5.52. The van der Waals surface area contributed by atoms with Gasteiger partial charge in [0.1, 0.15) is 0 Å². The zero-order chi connectivity index (χ0) is 18.9. The predicted molar refractivity (Wildman–Crippen MR) is 106 cm³/mol. The van der Waals surface area contributed by atoms with Gasteiger partial charge in [-0.25, -0.2) is 0 Å². The number of ether oxygens (including phenoxy) is 2. The molecule has 5 nitrogen and oxygen atoms in total. The number of hydrogen-bond donors (Lipinski definition) is 1. The summed E-state index contributed by atoms with van der Waals surface area (Å²) < 4.78 is 11.5. The molecule has 6 heteroatoms. The third-order valence-electron chi connectivity index (χ3n) is 4.60. The van der Waals surface area contributed by atoms with Gasteiger partial charge >= 0.3 is 0 Å². The van der Waals surface area contributed by atoms with E-state index in [1.807, 2.05) is 18.9 Å². The van der Waals surface area contributed by atoms with E-state index in [0.29, 0.717) is 41.2 Å². The summed E-state index contributed by atoms with van der Waals surface area (Å²) in [5.41, 5.74) is 0.561. The molecule has 1 fully saturated rings. The smallest absolute Gasteiger partial charge is 0.254 e. The number of nitrogens with zero attached hydrogens (tertiary/aromatic N) is 1. The van der Waals surface area contributed by atoms with Gasteiger partial charge in [0.05, 0.1) is 18.2 Å². The molecule has 26 heavy (non-hydrogen) atoms. The second kappa shape index (κ2) is 10.6. The summed E-state index contributed by atoms with van der Waals surface area (Å²) >= 11 is 6.42. The van der Waals surface area contributed by atoms with E-state index in [0.717, 1.165) is 45.3 Å². The van der Waals surface area contributed by atoms with Crippen LogP contribution in [-0.4, -0.2) is 50.7 Å². The molecule has 1 saturated heterocycles. The number of rotatable bonds is 9. The van der Waals surface area contributed by atoms with Crippen molar-refractivity contribution in [1.29, 1.82) is 0 Å². The molecule has 1 aromatic rings. The highest BCUT2D eigenvalue weighted by Crippen LogP contribution is 2.37. The summed E-state index contributed by atoms with van der Waals surface area (Å²) in [7, 11) is 1.95. The monoisotopic (exact) mass is 382 g/mol. The van der Waals surface area contributed by atoms with Crippen molar-refractivity contribution in [2.75, 3.05) is 39.9 Å². The Hall–Kier alpha value is -1.46. The van der Waals surface area contributed by atoms with E-state index in [1.165, 1.54) is 0 Å². The number of hydrogen-bond acceptors (Lipinski definition) is 4. The maximum absolute atomic E-state index is 13.0. The Morgan fingerprint density at radius 3 is 2.85 bits per heavy atom. The van der Waals surface area contributed by atoms with Gasteiger partial charge in [-0.1, -0.05) is 24.9 Å². The molecule has 1 heterocycles. The first kappa shape index (κ1) is 20.8. The molecule has 1 aliphatic rings. The molecule has 1 aliphatic heterocycles. The fourth-order valence-corrected chi connectivity index (χ4v) is 3.57. The molecule has 0 saturated carbocycles. The molecule has 1 amide bonds. The highest BCUT2D eigenvalue weighted by atomic mass is 35.5. The molecule has 146 valence electrons. The number of carbonyl (C=O) groups is 1. The minimum absolute atomic E-state index is 0.00812. The summed E-state index contributed by atoms with van der Waals surface area (Å²) in [5.74, 6) is 1.58. The largest absolute Gasteiger partial charge is 0.490 e. The quantitative estimate of drug-likeness (QED) is 0.656. The second-order valence-electron chi connectivity index (χ2n) is 6.74. The summed E-state index contributed by atoms with van der Waals surface area (Å²) in [6.07, 6.45) is 4.17. The van der Waals surface area contributed by atoms with Crippen LogP contribution in [0.1, 0.15) is 49.9 Å². The topological polar surface area (TPSA) is 50.8 Å². The van der Waals surface area contributed by atoms with Crippen LogP contribution in [-0.2, 0) is 0 Å². The van der Waals surface area contributed by atoms with Crippen molar-refractivity contribution in [2.24, 2.45) is 5.92 Å². The van der Waals surface area contributed by atoms with Crippen LogP contribution in [0.4, 0.5) is 0 Å². The van der Waals surface area contributed by atoms with Gasteiger partial charge in [0.25, 0.3) is 5.91 Å². The molecule has 0 radical (unpaired) electrons. The van der Waals surface area contributed by atoms with Crippen molar-refractivity contribution in [3.63, 3.8) is 0 Å². The number of benzene rings is 1. The molecular weight excluding hydrogens is 352 g/mol. The van der Waals surface area contributed by atoms with Gasteiger partial charge in [0.2, 0.25) is 0 Å². The Labute approximate surface area is 162 Å². The van der Waals surface area contributed by atoms with E-state index in [2.05, 4.69) is 12.2 Å². The zero-order valence-electron chi connectivity index (χ0n) is 16.1. The molecule has 1 unspecified atom stereocenters. The molecule has 1 N–H and O–H groups in total. The lowest BCUT2D eigenvalue weighted by molar-refractivity contribution is 0.0673. The van der Waals surface area contributed by atoms with Gasteiger partial charge < -0.3 is 19.7 Å². The van der Waals surface area contributed by atoms with Crippen LogP contribution in [0.15, 0.2) is 12.1 Å². The molecule has 2 rings (SSSR count). The zero-order valence-corrected chi connectivity index (χ0v) is 16.9. The van der Waals surface area contributed by atoms with Gasteiger partial charge in [-0.15, -0.1) is 0 Å². The van der Waals surface area contributed by atoms with Crippen LogP contribution in [0.3, 0.4) is 0 Å². The first-order valence-corrected chi connectivity index (χ1v) is 10.0. The molecular formula is C20H31ClN2O3. The maximum atomic E-state index is 13.0. The summed E-state index contributed by atoms with van der Waals surface area (Å²) in [6.45, 7) is 7.58. The molecule has 0 aromatic heterocycles. The van der Waals surface area contributed by atoms with E-state index in [4.69, 9.17) is 21.1 Å². The first-order chi connectivity index (χ1) is 12.6. The molecule has 1 aromatic carbocycles. The predicted octanol–water partition coefficient (Wildman–Crippen LogP) is 3.99. The van der Waals surface area contributed by atoms with Crippen molar-refractivity contribution in [2.45, 2.75) is 39.5 Å². The molecule has 0 bridgehead atoms. The van der Waals surface area contributed by atoms with E-state index in [9.17, 15) is 4.79 Å². The fraction of sp³-hybridized carbons (Fsp3) is 0.650. The number of likely N-dealkylation sites (tertiary alicyclic amines) is 1. The van der Waals surface area contributed by atoms with E-state index >= 15 is 0 Å². The van der Waals surface area contributed by atoms with Crippen molar-refractivity contribution >= 4 is 17.5 Å². The summed E-state index contributed by atoms with van der Waals surface area (Å²) in [6, 6.07) is 3.47. The van der Waals surface area contributed by atoms with Gasteiger partial charge in [0.15, 0.2) is 11.5 Å².